The molecule has 17 atom stereocenters. The number of halogens is 4. The van der Waals surface area contributed by atoms with Gasteiger partial charge in [-0.2, -0.15) is 5.26 Å². The second-order valence-corrected chi connectivity index (χ2v) is 30.0. The van der Waals surface area contributed by atoms with Crippen LogP contribution in [0.3, 0.4) is 0 Å². The molecular weight excluding hydrogens is 1640 g/mol. The zero-order valence-corrected chi connectivity index (χ0v) is 66.2. The number of ether oxygens (including phenoxy) is 6. The van der Waals surface area contributed by atoms with Gasteiger partial charge in [-0.25, -0.2) is 83.9 Å². The predicted molar refractivity (Wildman–Crippen MR) is 429 cm³/mol. The molecule has 12 heterocycles. The van der Waals surface area contributed by atoms with Gasteiger partial charge in [-0.1, -0.05) is 86.6 Å². The minimum atomic E-state index is -4.32. The molecule has 3 unspecified atom stereocenters. The molecule has 12 aromatic rings. The number of hydrogen-bond acceptors (Lipinski definition) is 30. The van der Waals surface area contributed by atoms with Gasteiger partial charge in [0, 0.05) is 41.0 Å². The number of nitrogens with zero attached hydrogens (tertiary/aromatic N) is 18. The summed E-state index contributed by atoms with van der Waals surface area (Å²) in [6.45, 7) is 10.2. The van der Waals surface area contributed by atoms with Crippen molar-refractivity contribution in [2.45, 2.75) is 138 Å². The van der Waals surface area contributed by atoms with E-state index >= 15 is 13.2 Å². The van der Waals surface area contributed by atoms with Gasteiger partial charge in [0.2, 0.25) is 6.54 Å². The Morgan fingerprint density at radius 1 is 0.516 bits per heavy atom. The Labute approximate surface area is 694 Å². The van der Waals surface area contributed by atoms with Crippen molar-refractivity contribution in [2.24, 2.45) is 5.73 Å². The van der Waals surface area contributed by atoms with E-state index in [9.17, 15) is 43.6 Å². The van der Waals surface area contributed by atoms with Gasteiger partial charge in [0.05, 0.1) is 62.8 Å². The van der Waals surface area contributed by atoms with Gasteiger partial charge in [-0.05, 0) is 67.8 Å². The van der Waals surface area contributed by atoms with E-state index in [1.54, 1.807) is 122 Å². The summed E-state index contributed by atoms with van der Waals surface area (Å²) < 4.78 is 128. The predicted octanol–water partition coefficient (Wildman–Crippen LogP) is 9.28. The molecule has 0 spiro atoms. The molecule has 44 heteroatoms. The van der Waals surface area contributed by atoms with E-state index in [2.05, 4.69) is 85.9 Å². The fourth-order valence-electron chi connectivity index (χ4n) is 13.8. The monoisotopic (exact) mass is 1710 g/mol. The molecule has 4 aliphatic rings. The van der Waals surface area contributed by atoms with Gasteiger partial charge in [0.1, 0.15) is 55.8 Å². The lowest BCUT2D eigenvalue weighted by Crippen LogP contribution is -2.34. The lowest BCUT2D eigenvalue weighted by Gasteiger charge is -2.26. The highest BCUT2D eigenvalue weighted by Gasteiger charge is 2.53. The average Bonchev–Trinajstić information content (AvgIpc) is 1.63. The number of thiocarbonyl (C=S) groups is 1. The van der Waals surface area contributed by atoms with Crippen molar-refractivity contribution in [2.75, 3.05) is 53.7 Å². The number of amides is 4. The summed E-state index contributed by atoms with van der Waals surface area (Å²) in [5, 5.41) is 40.6. The average molecular weight is 1710 g/mol. The number of aliphatic hydroxyl groups is 2. The first-order valence-corrected chi connectivity index (χ1v) is 40.2. The Hall–Kier alpha value is -12.8. The molecule has 16 rings (SSSR count). The summed E-state index contributed by atoms with van der Waals surface area (Å²) >= 11 is 5.02. The van der Waals surface area contributed by atoms with Gasteiger partial charge in [0.25, 0.3) is 23.6 Å². The third-order valence-electron chi connectivity index (χ3n) is 19.9. The number of nitriles is 1. The third kappa shape index (κ3) is 18.6. The molecule has 4 amide bonds. The fourth-order valence-corrected chi connectivity index (χ4v) is 15.9. The lowest BCUT2D eigenvalue weighted by atomic mass is 10.1. The fraction of sp³-hybridized carbons (Fsp3) is 0.346. The summed E-state index contributed by atoms with van der Waals surface area (Å²) in [7, 11) is -4.32. The maximum absolute atomic E-state index is 16.6. The molecule has 0 radical (unpaired) electrons. The summed E-state index contributed by atoms with van der Waals surface area (Å²) in [5.74, 6) is -1.08. The van der Waals surface area contributed by atoms with Crippen molar-refractivity contribution in [3.05, 3.63) is 206 Å². The van der Waals surface area contributed by atoms with Crippen molar-refractivity contribution in [1.82, 2.24) is 78.1 Å². The van der Waals surface area contributed by atoms with Gasteiger partial charge < -0.3 is 75.0 Å². The number of fused-ring (bicyclic) bond motifs is 4. The number of imidazole rings is 4. The number of rotatable bonds is 26. The first kappa shape index (κ1) is 85.6. The Bertz CT molecular complexity index is 5850. The molecule has 0 saturated carbocycles. The van der Waals surface area contributed by atoms with E-state index in [-0.39, 0.29) is 131 Å². The summed E-state index contributed by atoms with van der Waals surface area (Å²) in [6.07, 6.45) is -11.5. The van der Waals surface area contributed by atoms with Gasteiger partial charge in [-0.15, -0.1) is 0 Å². The van der Waals surface area contributed by atoms with Crippen LogP contribution in [-0.2, 0) is 42.0 Å². The number of carbonyl (C=O) groups excluding carboxylic acids is 4. The van der Waals surface area contributed by atoms with Crippen LogP contribution in [0.1, 0.15) is 106 Å². The van der Waals surface area contributed by atoms with E-state index in [1.807, 2.05) is 19.1 Å². The third-order valence-corrected chi connectivity index (χ3v) is 22.0. The zero-order chi connectivity index (χ0) is 85.7. The van der Waals surface area contributed by atoms with E-state index in [0.29, 0.717) is 28.7 Å². The molecule has 0 bridgehead atoms. The zero-order valence-electron chi connectivity index (χ0n) is 64.5. The van der Waals surface area contributed by atoms with Crippen molar-refractivity contribution in [1.29, 1.82) is 5.26 Å². The first-order chi connectivity index (χ1) is 59.2. The van der Waals surface area contributed by atoms with Crippen LogP contribution >= 0.6 is 19.8 Å². The molecule has 8 aromatic heterocycles. The molecule has 0 aliphatic carbocycles. The van der Waals surface area contributed by atoms with Gasteiger partial charge >= 0.3 is 12.8 Å². The smallest absolute Gasteiger partial charge is 0.353 e. The Kier molecular flexibility index (Phi) is 27.2. The van der Waals surface area contributed by atoms with Gasteiger partial charge in [0.15, 0.2) is 130 Å². The number of alkyl halides is 4. The Morgan fingerprint density at radius 3 is 1.20 bits per heavy atom. The lowest BCUT2D eigenvalue weighted by molar-refractivity contribution is -0.0259. The Morgan fingerprint density at radius 2 is 0.852 bits per heavy atom. The van der Waals surface area contributed by atoms with Crippen LogP contribution < -0.4 is 27.0 Å². The number of hydrogen-bond donors (Lipinski definition) is 7. The SMILES string of the molecule is CC[C@H]1O[C@@H](n2cnc3c(NC(=O)c4ccccc4)ncnc32)[C@H](F)[C@@H]1OP(=O)(CC[C@H]1O[C@@H](n2cnc3c(NC(=O)c4ccccc4)ncnc32)[C@H](F)[C@@H]1O)OCCC#N.NC[C@H]1OC(n2cnc3c(NC(=O)c4ccccc4)ncnc32)[C@H](F)[C@@H]1O.[C-]#[N+]CCOC(=S)O[C@@H]1[C@@H](CC)OC(n2cnc3c(NC(=O)c4ccccc4)ncnc32)[C@@H]1F. The quantitative estimate of drug-likeness (QED) is 0.00872. The van der Waals surface area contributed by atoms with Crippen molar-refractivity contribution in [3.63, 3.8) is 0 Å². The van der Waals surface area contributed by atoms with Crippen LogP contribution in [0.2, 0.25) is 0 Å². The van der Waals surface area contributed by atoms with E-state index < -0.39 is 124 Å². The van der Waals surface area contributed by atoms with E-state index in [0.717, 1.165) is 6.33 Å². The maximum Gasteiger partial charge on any atom is 0.353 e. The molecule has 38 nitrogen and oxygen atoms in total. The number of benzene rings is 4. The molecule has 4 fully saturated rings. The largest absolute Gasteiger partial charge is 0.449 e. The first-order valence-electron chi connectivity index (χ1n) is 38.1. The molecule has 4 saturated heterocycles. The summed E-state index contributed by atoms with van der Waals surface area (Å²) in [6, 6.07) is 36.1. The second-order valence-electron chi connectivity index (χ2n) is 27.5. The minimum Gasteiger partial charge on any atom is -0.449 e. The number of nitrogens with two attached hydrogens (primary N) is 1. The van der Waals surface area contributed by atoms with Crippen LogP contribution in [-0.4, -0.2) is 223 Å². The minimum absolute atomic E-state index is 0.0158. The van der Waals surface area contributed by atoms with Crippen molar-refractivity contribution >= 4 is 117 Å². The molecule has 122 heavy (non-hydrogen) atoms. The normalized spacial score (nSPS) is 23.9. The van der Waals surface area contributed by atoms with E-state index in [1.165, 1.54) is 62.6 Å². The standard InChI is InChI=1S/C39H38F2N11O8P.C22H21FN6O4S.C17H17FN6O3/c1-2-24-31(27(41)39(58-24)52-21-48-29-33(44-19-46-35(29)52)50-37(55)23-12-7-4-8-13-23)60-61(56,57-16-9-15-42)17-14-25-30(53)26(40)38(59-25)51-20-47-28-32(43-18-45-34(28)51)49-36(54)22-10-5-3-6-11-22;1-3-14-17(33-22(34)31-10-9-24-2)15(23)21(32-14)29-12-27-16-18(25-11-26-19(16)29)28-20(30)13-7-5-4-6-8-13;18-11-13(25)10(6-19)27-17(11)24-8-22-12-14(20-7-21-15(12)24)23-16(26)9-4-2-1-3-5-9/h3-8,10-13,18-21,24-27,30-31,38-39,53H,2,9,14,16-17H2,1H3,(H,43,45,49,54)(H,44,46,50,55);4-8,11-12,14-15,17,21H,3,9-10H2,1H3,(H,25,26,28,30);1-5,7-8,10-11,13,17,25H,6,19H2,(H,20,21,23,26)/t24-,25-,26-,27-,30-,31-,38-,39-,61?;14-,15-,17-,21?;10-,11-,13-,17?/m111/s1. The topological polar surface area (TPSA) is 476 Å². The van der Waals surface area contributed by atoms with Crippen LogP contribution in [0.25, 0.3) is 49.5 Å². The highest BCUT2D eigenvalue weighted by Crippen LogP contribution is 2.55. The summed E-state index contributed by atoms with van der Waals surface area (Å²) in [5.41, 5.74) is 8.84. The molecule has 8 N–H and O–H groups in total. The Balaban J connectivity index is 0.000000167. The number of aromatic nitrogens is 16. The molecule has 632 valence electrons. The number of anilines is 4. The highest BCUT2D eigenvalue weighted by atomic mass is 32.1. The molecule has 4 aliphatic heterocycles. The van der Waals surface area contributed by atoms with Crippen LogP contribution in [0.5, 0.6) is 0 Å². The number of nitrogens with one attached hydrogen (secondary N) is 4. The van der Waals surface area contributed by atoms with Gasteiger partial charge in [-0.3, -0.25) is 46.5 Å². The summed E-state index contributed by atoms with van der Waals surface area (Å²) in [4.78, 5) is 104. The van der Waals surface area contributed by atoms with Crippen LogP contribution in [0, 0.1) is 17.9 Å². The van der Waals surface area contributed by atoms with Crippen molar-refractivity contribution in [3.8, 4) is 6.07 Å². The molecule has 4 aromatic carbocycles. The van der Waals surface area contributed by atoms with Crippen molar-refractivity contribution < 1.29 is 89.0 Å². The number of aliphatic hydroxyl groups excluding tert-OH is 2. The second kappa shape index (κ2) is 38.7. The maximum atomic E-state index is 16.6. The van der Waals surface area contributed by atoms with Crippen LogP contribution in [0.15, 0.2) is 172 Å². The highest BCUT2D eigenvalue weighted by molar-refractivity contribution is 7.79. The van der Waals surface area contributed by atoms with E-state index in [4.69, 9.17) is 62.0 Å². The molecular formula is C78H76F4N23O15PS. The number of carbonyl (C=O) groups is 4. The van der Waals surface area contributed by atoms with Crippen LogP contribution in [0.4, 0.5) is 40.8 Å².